The summed E-state index contributed by atoms with van der Waals surface area (Å²) in [5.41, 5.74) is 5.20. The zero-order valence-electron chi connectivity index (χ0n) is 12.1. The fourth-order valence-electron chi connectivity index (χ4n) is 3.02. The number of likely N-dealkylation sites (N-methyl/N-ethyl adjacent to an activating group) is 1. The van der Waals surface area contributed by atoms with Crippen molar-refractivity contribution < 1.29 is 4.79 Å². The number of nitrogens with zero attached hydrogens (tertiary/aromatic N) is 1. The van der Waals surface area contributed by atoms with Crippen LogP contribution in [-0.4, -0.2) is 41.5 Å². The maximum absolute atomic E-state index is 12.3. The van der Waals surface area contributed by atoms with Crippen LogP contribution < -0.4 is 11.1 Å². The van der Waals surface area contributed by atoms with Gasteiger partial charge >= 0.3 is 0 Å². The lowest BCUT2D eigenvalue weighted by molar-refractivity contribution is -0.133. The summed E-state index contributed by atoms with van der Waals surface area (Å²) in [6, 6.07) is 1.07. The van der Waals surface area contributed by atoms with Crippen molar-refractivity contribution >= 4 is 23.1 Å². The molecule has 0 bridgehead atoms. The SMILES string of the molecule is CC1CC(C(=O)NCC(C)N(C)C2CC2)(C(N)=S)C1. The fourth-order valence-corrected chi connectivity index (χ4v) is 3.28. The summed E-state index contributed by atoms with van der Waals surface area (Å²) >= 11 is 5.10. The summed E-state index contributed by atoms with van der Waals surface area (Å²) in [6.07, 6.45) is 4.15. The molecule has 3 N–H and O–H groups in total. The Balaban J connectivity index is 1.84. The van der Waals surface area contributed by atoms with E-state index >= 15 is 0 Å². The molecular formula is C14H25N3OS. The van der Waals surface area contributed by atoms with Crippen LogP contribution in [0.2, 0.25) is 0 Å². The molecule has 0 heterocycles. The van der Waals surface area contributed by atoms with Gasteiger partial charge in [-0.25, -0.2) is 0 Å². The average Bonchev–Trinajstić information content (AvgIpc) is 3.13. The summed E-state index contributed by atoms with van der Waals surface area (Å²) in [5.74, 6) is 0.563. The number of thiocarbonyl (C=S) groups is 1. The largest absolute Gasteiger partial charge is 0.392 e. The third-order valence-electron chi connectivity index (χ3n) is 4.68. The molecule has 1 atom stereocenters. The quantitative estimate of drug-likeness (QED) is 0.721. The van der Waals surface area contributed by atoms with E-state index in [1.807, 2.05) is 0 Å². The highest BCUT2D eigenvalue weighted by Crippen LogP contribution is 2.45. The predicted octanol–water partition coefficient (Wildman–Crippen LogP) is 1.29. The molecule has 1 amide bonds. The summed E-state index contributed by atoms with van der Waals surface area (Å²) in [5, 5.41) is 3.04. The number of carbonyl (C=O) groups is 1. The molecule has 19 heavy (non-hydrogen) atoms. The van der Waals surface area contributed by atoms with Gasteiger partial charge in [0.2, 0.25) is 5.91 Å². The van der Waals surface area contributed by atoms with Gasteiger partial charge in [0.1, 0.15) is 0 Å². The second-order valence-electron chi connectivity index (χ2n) is 6.42. The Morgan fingerprint density at radius 3 is 2.53 bits per heavy atom. The van der Waals surface area contributed by atoms with Crippen LogP contribution in [0.25, 0.3) is 0 Å². The third-order valence-corrected chi connectivity index (χ3v) is 5.07. The van der Waals surface area contributed by atoms with Gasteiger partial charge in [-0.2, -0.15) is 0 Å². The molecule has 2 aliphatic carbocycles. The highest BCUT2D eigenvalue weighted by atomic mass is 32.1. The Morgan fingerprint density at radius 1 is 1.53 bits per heavy atom. The minimum Gasteiger partial charge on any atom is -0.392 e. The van der Waals surface area contributed by atoms with Gasteiger partial charge in [0, 0.05) is 18.6 Å². The van der Waals surface area contributed by atoms with Crippen LogP contribution in [0, 0.1) is 11.3 Å². The van der Waals surface area contributed by atoms with Gasteiger partial charge in [-0.15, -0.1) is 0 Å². The molecule has 0 aliphatic heterocycles. The zero-order chi connectivity index (χ0) is 14.2. The molecule has 4 nitrogen and oxygen atoms in total. The van der Waals surface area contributed by atoms with Gasteiger partial charge in [0.15, 0.2) is 0 Å². The molecule has 2 saturated carbocycles. The van der Waals surface area contributed by atoms with Crippen LogP contribution in [0.4, 0.5) is 0 Å². The molecule has 0 saturated heterocycles. The second kappa shape index (κ2) is 5.37. The molecule has 0 spiro atoms. The molecule has 5 heteroatoms. The first kappa shape index (κ1) is 14.7. The lowest BCUT2D eigenvalue weighted by atomic mass is 9.62. The van der Waals surface area contributed by atoms with Gasteiger partial charge in [-0.1, -0.05) is 19.1 Å². The van der Waals surface area contributed by atoms with Crippen molar-refractivity contribution in [2.24, 2.45) is 17.1 Å². The number of amides is 1. The smallest absolute Gasteiger partial charge is 0.233 e. The van der Waals surface area contributed by atoms with Crippen LogP contribution in [-0.2, 0) is 4.79 Å². The Labute approximate surface area is 121 Å². The fraction of sp³-hybridized carbons (Fsp3) is 0.857. The van der Waals surface area contributed by atoms with Crippen molar-refractivity contribution in [1.82, 2.24) is 10.2 Å². The van der Waals surface area contributed by atoms with E-state index in [1.165, 1.54) is 12.8 Å². The van der Waals surface area contributed by atoms with Crippen LogP contribution in [0.1, 0.15) is 39.5 Å². The highest BCUT2D eigenvalue weighted by Gasteiger charge is 2.50. The van der Waals surface area contributed by atoms with Crippen molar-refractivity contribution in [2.75, 3.05) is 13.6 Å². The van der Waals surface area contributed by atoms with E-state index in [0.717, 1.165) is 12.8 Å². The number of hydrogen-bond acceptors (Lipinski definition) is 3. The Kier molecular flexibility index (Phi) is 4.16. The van der Waals surface area contributed by atoms with E-state index in [2.05, 4.69) is 31.1 Å². The summed E-state index contributed by atoms with van der Waals surface area (Å²) in [4.78, 5) is 15.0. The van der Waals surface area contributed by atoms with Crippen molar-refractivity contribution in [3.05, 3.63) is 0 Å². The Bertz CT molecular complexity index is 375. The molecule has 108 valence electrons. The van der Waals surface area contributed by atoms with E-state index in [0.29, 0.717) is 29.5 Å². The van der Waals surface area contributed by atoms with Crippen LogP contribution in [0.15, 0.2) is 0 Å². The lowest BCUT2D eigenvalue weighted by Gasteiger charge is -2.44. The first-order chi connectivity index (χ1) is 8.86. The maximum atomic E-state index is 12.3. The van der Waals surface area contributed by atoms with E-state index in [4.69, 9.17) is 18.0 Å². The van der Waals surface area contributed by atoms with E-state index in [1.54, 1.807) is 0 Å². The molecule has 0 radical (unpaired) electrons. The highest BCUT2D eigenvalue weighted by molar-refractivity contribution is 7.80. The monoisotopic (exact) mass is 283 g/mol. The normalized spacial score (nSPS) is 31.7. The third kappa shape index (κ3) is 2.92. The van der Waals surface area contributed by atoms with Gasteiger partial charge in [0.05, 0.1) is 10.4 Å². The molecule has 0 aromatic rings. The van der Waals surface area contributed by atoms with E-state index in [-0.39, 0.29) is 5.91 Å². The van der Waals surface area contributed by atoms with Crippen LogP contribution >= 0.6 is 12.2 Å². The number of nitrogens with one attached hydrogen (secondary N) is 1. The van der Waals surface area contributed by atoms with E-state index in [9.17, 15) is 4.79 Å². The van der Waals surface area contributed by atoms with Gasteiger partial charge in [-0.3, -0.25) is 9.69 Å². The Hall–Kier alpha value is -0.680. The summed E-state index contributed by atoms with van der Waals surface area (Å²) in [7, 11) is 2.13. The van der Waals surface area contributed by atoms with Crippen molar-refractivity contribution in [1.29, 1.82) is 0 Å². The standard InChI is InChI=1S/C14H25N3OS/c1-9-6-14(7-9,12(15)19)13(18)16-8-10(2)17(3)11-4-5-11/h9-11H,4-8H2,1-3H3,(H2,15,19)(H,16,18). The second-order valence-corrected chi connectivity index (χ2v) is 6.86. The number of rotatable bonds is 6. The van der Waals surface area contributed by atoms with Gasteiger partial charge < -0.3 is 11.1 Å². The first-order valence-corrected chi connectivity index (χ1v) is 7.58. The molecule has 1 unspecified atom stereocenters. The molecule has 2 aliphatic rings. The van der Waals surface area contributed by atoms with Crippen molar-refractivity contribution in [3.8, 4) is 0 Å². The number of nitrogens with two attached hydrogens (primary N) is 1. The average molecular weight is 283 g/mol. The molecule has 2 fully saturated rings. The van der Waals surface area contributed by atoms with Crippen LogP contribution in [0.5, 0.6) is 0 Å². The zero-order valence-corrected chi connectivity index (χ0v) is 12.9. The van der Waals surface area contributed by atoms with Crippen LogP contribution in [0.3, 0.4) is 0 Å². The van der Waals surface area contributed by atoms with Gasteiger partial charge in [-0.05, 0) is 45.6 Å². The van der Waals surface area contributed by atoms with Crippen molar-refractivity contribution in [3.63, 3.8) is 0 Å². The Morgan fingerprint density at radius 2 is 2.11 bits per heavy atom. The predicted molar refractivity (Wildman–Crippen MR) is 80.9 cm³/mol. The first-order valence-electron chi connectivity index (χ1n) is 7.17. The topological polar surface area (TPSA) is 58.4 Å². The minimum atomic E-state index is -0.577. The number of hydrogen-bond donors (Lipinski definition) is 2. The lowest BCUT2D eigenvalue weighted by Crippen LogP contribution is -2.57. The van der Waals surface area contributed by atoms with Gasteiger partial charge in [0.25, 0.3) is 0 Å². The van der Waals surface area contributed by atoms with E-state index < -0.39 is 5.41 Å². The minimum absolute atomic E-state index is 0.0224. The molecular weight excluding hydrogens is 258 g/mol. The molecule has 2 rings (SSSR count). The summed E-state index contributed by atoms with van der Waals surface area (Å²) < 4.78 is 0. The summed E-state index contributed by atoms with van der Waals surface area (Å²) in [6.45, 7) is 4.95. The van der Waals surface area contributed by atoms with Crippen molar-refractivity contribution in [2.45, 2.75) is 51.6 Å². The number of carbonyl (C=O) groups excluding carboxylic acids is 1. The molecule has 0 aromatic carbocycles. The molecule has 0 aromatic heterocycles. The maximum Gasteiger partial charge on any atom is 0.233 e.